The van der Waals surface area contributed by atoms with E-state index in [1.165, 1.54) is 0 Å². The van der Waals surface area contributed by atoms with Crippen LogP contribution in [0.25, 0.3) is 0 Å². The Balaban J connectivity index is 2.10. The number of anilines is 1. The van der Waals surface area contributed by atoms with Crippen LogP contribution in [-0.2, 0) is 0 Å². The molecule has 1 heterocycles. The van der Waals surface area contributed by atoms with Crippen molar-refractivity contribution in [3.63, 3.8) is 0 Å². The molecule has 3 rings (SSSR count). The summed E-state index contributed by atoms with van der Waals surface area (Å²) in [6.45, 7) is 6.67. The van der Waals surface area contributed by atoms with Crippen molar-refractivity contribution in [1.29, 1.82) is 0 Å². The minimum Gasteiger partial charge on any atom is -0.492 e. The van der Waals surface area contributed by atoms with E-state index in [-0.39, 0.29) is 12.1 Å². The fourth-order valence-electron chi connectivity index (χ4n) is 3.10. The second-order valence-electron chi connectivity index (χ2n) is 5.65. The lowest BCUT2D eigenvalue weighted by Crippen LogP contribution is -2.43. The molecule has 1 atom stereocenters. The molecule has 0 saturated carbocycles. The number of fused-ring (bicyclic) bond motifs is 1. The van der Waals surface area contributed by atoms with Gasteiger partial charge in [-0.25, -0.2) is 0 Å². The third-order valence-electron chi connectivity index (χ3n) is 4.16. The molecule has 5 heteroatoms. The first kappa shape index (κ1) is 16.9. The molecule has 0 saturated heterocycles. The molecule has 1 aliphatic heterocycles. The molecule has 0 aliphatic carbocycles. The molecule has 1 amide bonds. The van der Waals surface area contributed by atoms with Crippen molar-refractivity contribution in [3.8, 4) is 11.5 Å². The molecule has 25 heavy (non-hydrogen) atoms. The van der Waals surface area contributed by atoms with E-state index in [4.69, 9.17) is 9.47 Å². The van der Waals surface area contributed by atoms with Crippen LogP contribution in [0.3, 0.4) is 0 Å². The highest BCUT2D eigenvalue weighted by molar-refractivity contribution is 6.01. The van der Waals surface area contributed by atoms with Gasteiger partial charge >= 0.3 is 0 Å². The van der Waals surface area contributed by atoms with Crippen molar-refractivity contribution in [3.05, 3.63) is 66.2 Å². The van der Waals surface area contributed by atoms with Crippen LogP contribution in [0.5, 0.6) is 11.5 Å². The number of nitrogens with zero attached hydrogens (tertiary/aromatic N) is 1. The number of hydrogen-bond acceptors (Lipinski definition) is 4. The quantitative estimate of drug-likeness (QED) is 0.813. The van der Waals surface area contributed by atoms with Gasteiger partial charge in [-0.2, -0.15) is 0 Å². The standard InChI is InChI=1S/C20H22N2O3/c1-4-13-22-19(21-16-11-7-6-9-14(16)20(22)23)15-10-8-12-17(25-5-2)18(15)24-3/h4,6-12,19,21H,1,5,13H2,2-3H3. The number of para-hydroxylation sites is 2. The van der Waals surface area contributed by atoms with E-state index in [0.717, 1.165) is 11.3 Å². The van der Waals surface area contributed by atoms with Gasteiger partial charge in [0.2, 0.25) is 0 Å². The van der Waals surface area contributed by atoms with Gasteiger partial charge in [0, 0.05) is 17.8 Å². The number of amides is 1. The average molecular weight is 338 g/mol. The van der Waals surface area contributed by atoms with Gasteiger partial charge < -0.3 is 19.7 Å². The Morgan fingerprint density at radius 2 is 2.04 bits per heavy atom. The van der Waals surface area contributed by atoms with Crippen LogP contribution in [0, 0.1) is 0 Å². The molecule has 5 nitrogen and oxygen atoms in total. The fraction of sp³-hybridized carbons (Fsp3) is 0.250. The van der Waals surface area contributed by atoms with Crippen molar-refractivity contribution in [2.24, 2.45) is 0 Å². The zero-order valence-corrected chi connectivity index (χ0v) is 14.5. The molecule has 1 aliphatic rings. The minimum absolute atomic E-state index is 0.0388. The smallest absolute Gasteiger partial charge is 0.258 e. The van der Waals surface area contributed by atoms with E-state index in [0.29, 0.717) is 30.2 Å². The first-order valence-corrected chi connectivity index (χ1v) is 8.28. The van der Waals surface area contributed by atoms with Crippen LogP contribution in [0.1, 0.15) is 29.0 Å². The summed E-state index contributed by atoms with van der Waals surface area (Å²) in [5.41, 5.74) is 2.31. The minimum atomic E-state index is -0.365. The highest BCUT2D eigenvalue weighted by atomic mass is 16.5. The Kier molecular flexibility index (Phi) is 4.93. The van der Waals surface area contributed by atoms with Crippen LogP contribution < -0.4 is 14.8 Å². The number of nitrogens with one attached hydrogen (secondary N) is 1. The van der Waals surface area contributed by atoms with E-state index in [9.17, 15) is 4.79 Å². The number of carbonyl (C=O) groups excluding carboxylic acids is 1. The van der Waals surface area contributed by atoms with Crippen molar-refractivity contribution >= 4 is 11.6 Å². The number of carbonyl (C=O) groups is 1. The first-order valence-electron chi connectivity index (χ1n) is 8.28. The molecule has 0 spiro atoms. The molecule has 130 valence electrons. The largest absolute Gasteiger partial charge is 0.492 e. The van der Waals surface area contributed by atoms with Crippen LogP contribution >= 0.6 is 0 Å². The SMILES string of the molecule is C=CCN1C(=O)c2ccccc2NC1c1cccc(OCC)c1OC. The molecule has 2 aromatic carbocycles. The highest BCUT2D eigenvalue weighted by Crippen LogP contribution is 2.40. The summed E-state index contributed by atoms with van der Waals surface area (Å²) in [6, 6.07) is 13.2. The third kappa shape index (κ3) is 3.05. The lowest BCUT2D eigenvalue weighted by molar-refractivity contribution is 0.0705. The Labute approximate surface area is 147 Å². The monoisotopic (exact) mass is 338 g/mol. The molecular weight excluding hydrogens is 316 g/mol. The maximum absolute atomic E-state index is 13.0. The Morgan fingerprint density at radius 1 is 1.24 bits per heavy atom. The van der Waals surface area contributed by atoms with Crippen molar-refractivity contribution in [2.45, 2.75) is 13.1 Å². The normalized spacial score (nSPS) is 16.0. The second kappa shape index (κ2) is 7.30. The average Bonchev–Trinajstić information content (AvgIpc) is 2.64. The Hall–Kier alpha value is -2.95. The molecule has 2 aromatic rings. The molecular formula is C20H22N2O3. The summed E-state index contributed by atoms with van der Waals surface area (Å²) in [7, 11) is 1.61. The summed E-state index contributed by atoms with van der Waals surface area (Å²) < 4.78 is 11.3. The number of hydrogen-bond donors (Lipinski definition) is 1. The van der Waals surface area contributed by atoms with E-state index >= 15 is 0 Å². The van der Waals surface area contributed by atoms with Gasteiger partial charge in [0.25, 0.3) is 5.91 Å². The molecule has 0 radical (unpaired) electrons. The van der Waals surface area contributed by atoms with Gasteiger partial charge in [-0.3, -0.25) is 4.79 Å². The number of rotatable bonds is 6. The number of methoxy groups -OCH3 is 1. The maximum Gasteiger partial charge on any atom is 0.258 e. The topological polar surface area (TPSA) is 50.8 Å². The van der Waals surface area contributed by atoms with Gasteiger partial charge in [-0.1, -0.05) is 30.3 Å². The van der Waals surface area contributed by atoms with Gasteiger partial charge in [0.15, 0.2) is 11.5 Å². The summed E-state index contributed by atoms with van der Waals surface area (Å²) in [5.74, 6) is 1.25. The van der Waals surface area contributed by atoms with Gasteiger partial charge in [-0.05, 0) is 25.1 Å². The number of ether oxygens (including phenoxy) is 2. The molecule has 1 N–H and O–H groups in total. The van der Waals surface area contributed by atoms with Crippen LogP contribution in [0.4, 0.5) is 5.69 Å². The number of benzene rings is 2. The lowest BCUT2D eigenvalue weighted by atomic mass is 10.0. The fourth-order valence-corrected chi connectivity index (χ4v) is 3.10. The summed E-state index contributed by atoms with van der Waals surface area (Å²) in [6.07, 6.45) is 1.36. The van der Waals surface area contributed by atoms with Crippen LogP contribution in [-0.4, -0.2) is 31.1 Å². The first-order chi connectivity index (χ1) is 12.2. The zero-order valence-electron chi connectivity index (χ0n) is 14.5. The van der Waals surface area contributed by atoms with Gasteiger partial charge in [0.05, 0.1) is 19.3 Å². The predicted molar refractivity (Wildman–Crippen MR) is 98.2 cm³/mol. The summed E-state index contributed by atoms with van der Waals surface area (Å²) in [4.78, 5) is 14.7. The van der Waals surface area contributed by atoms with Crippen molar-refractivity contribution < 1.29 is 14.3 Å². The Bertz CT molecular complexity index is 788. The molecule has 1 unspecified atom stereocenters. The van der Waals surface area contributed by atoms with Gasteiger partial charge in [0.1, 0.15) is 6.17 Å². The second-order valence-corrected chi connectivity index (χ2v) is 5.65. The highest BCUT2D eigenvalue weighted by Gasteiger charge is 2.34. The van der Waals surface area contributed by atoms with Crippen LogP contribution in [0.2, 0.25) is 0 Å². The molecule has 0 fully saturated rings. The van der Waals surface area contributed by atoms with Crippen molar-refractivity contribution in [1.82, 2.24) is 4.90 Å². The maximum atomic E-state index is 13.0. The van der Waals surface area contributed by atoms with Gasteiger partial charge in [-0.15, -0.1) is 6.58 Å². The molecule has 0 bridgehead atoms. The third-order valence-corrected chi connectivity index (χ3v) is 4.16. The summed E-state index contributed by atoms with van der Waals surface area (Å²) >= 11 is 0. The Morgan fingerprint density at radius 3 is 2.76 bits per heavy atom. The van der Waals surface area contributed by atoms with Crippen LogP contribution in [0.15, 0.2) is 55.1 Å². The van der Waals surface area contributed by atoms with E-state index < -0.39 is 0 Å². The van der Waals surface area contributed by atoms with E-state index in [1.54, 1.807) is 18.1 Å². The molecule has 0 aromatic heterocycles. The zero-order chi connectivity index (χ0) is 17.8. The predicted octanol–water partition coefficient (Wildman–Crippen LogP) is 3.85. The van der Waals surface area contributed by atoms with Crippen molar-refractivity contribution in [2.75, 3.05) is 25.6 Å². The lowest BCUT2D eigenvalue weighted by Gasteiger charge is -2.38. The van der Waals surface area contributed by atoms with E-state index in [1.807, 2.05) is 49.4 Å². The van der Waals surface area contributed by atoms with E-state index in [2.05, 4.69) is 11.9 Å². The summed E-state index contributed by atoms with van der Waals surface area (Å²) in [5, 5.41) is 3.44.